The van der Waals surface area contributed by atoms with Crippen LogP contribution in [0.25, 0.3) is 0 Å². The number of aromatic nitrogens is 1. The molecule has 19 heavy (non-hydrogen) atoms. The first kappa shape index (κ1) is 15.3. The number of carbonyl (C=O) groups excluding carboxylic acids is 1. The van der Waals surface area contributed by atoms with E-state index >= 15 is 0 Å². The third-order valence-corrected chi connectivity index (χ3v) is 2.96. The van der Waals surface area contributed by atoms with Crippen molar-refractivity contribution < 1.29 is 14.5 Å². The number of ether oxygens (including phenoxy) is 1. The zero-order valence-corrected chi connectivity index (χ0v) is 11.5. The fourth-order valence-electron chi connectivity index (χ4n) is 1.52. The second-order valence-electron chi connectivity index (χ2n) is 3.98. The van der Waals surface area contributed by atoms with Gasteiger partial charge >= 0.3 is 5.69 Å². The van der Waals surface area contributed by atoms with Crippen LogP contribution in [0.4, 0.5) is 5.69 Å². The van der Waals surface area contributed by atoms with Gasteiger partial charge in [-0.15, -0.1) is 0 Å². The smallest absolute Gasteiger partial charge is 0.319 e. The Morgan fingerprint density at radius 3 is 2.84 bits per heavy atom. The Morgan fingerprint density at radius 1 is 1.68 bits per heavy atom. The quantitative estimate of drug-likeness (QED) is 0.468. The summed E-state index contributed by atoms with van der Waals surface area (Å²) >= 11 is 5.67. The van der Waals surface area contributed by atoms with E-state index in [1.165, 1.54) is 24.3 Å². The van der Waals surface area contributed by atoms with Gasteiger partial charge in [0.05, 0.1) is 17.6 Å². The van der Waals surface area contributed by atoms with Gasteiger partial charge in [-0.3, -0.25) is 14.9 Å². The number of pyridine rings is 1. The van der Waals surface area contributed by atoms with Gasteiger partial charge in [0.15, 0.2) is 0 Å². The topological polar surface area (TPSA) is 85.6 Å². The number of hydrogen-bond acceptors (Lipinski definition) is 5. The van der Waals surface area contributed by atoms with Crippen molar-refractivity contribution in [1.29, 1.82) is 0 Å². The Bertz CT molecular complexity index is 495. The van der Waals surface area contributed by atoms with E-state index in [1.54, 1.807) is 14.0 Å². The van der Waals surface area contributed by atoms with Gasteiger partial charge in [-0.1, -0.05) is 11.6 Å². The number of likely N-dealkylation sites (N-methyl/N-ethyl adjacent to an activating group) is 1. The average molecular weight is 288 g/mol. The minimum absolute atomic E-state index is 0.0875. The van der Waals surface area contributed by atoms with Gasteiger partial charge in [0.25, 0.3) is 5.91 Å². The van der Waals surface area contributed by atoms with Crippen LogP contribution in [0.1, 0.15) is 17.3 Å². The predicted molar refractivity (Wildman–Crippen MR) is 69.3 cm³/mol. The number of nitro groups is 1. The summed E-state index contributed by atoms with van der Waals surface area (Å²) in [6, 6.07) is 1.06. The molecule has 0 aliphatic rings. The Morgan fingerprint density at radius 2 is 2.32 bits per heavy atom. The summed E-state index contributed by atoms with van der Waals surface area (Å²) in [5.74, 6) is -0.499. The first-order valence-electron chi connectivity index (χ1n) is 5.45. The maximum atomic E-state index is 12.2. The van der Waals surface area contributed by atoms with E-state index in [2.05, 4.69) is 4.98 Å². The lowest BCUT2D eigenvalue weighted by Gasteiger charge is -2.24. The number of rotatable bonds is 5. The SMILES string of the molecule is COCC(C)N(C)C(=O)c1ccnc(Cl)c1[N+](=O)[O-]. The zero-order chi connectivity index (χ0) is 14.6. The van der Waals surface area contributed by atoms with E-state index in [0.717, 1.165) is 0 Å². The van der Waals surface area contributed by atoms with Crippen molar-refractivity contribution in [3.63, 3.8) is 0 Å². The van der Waals surface area contributed by atoms with Crippen molar-refractivity contribution in [3.8, 4) is 0 Å². The Labute approximate surface area is 115 Å². The Kier molecular flexibility index (Phi) is 5.20. The van der Waals surface area contributed by atoms with Crippen molar-refractivity contribution in [1.82, 2.24) is 9.88 Å². The summed E-state index contributed by atoms with van der Waals surface area (Å²) in [6.07, 6.45) is 1.26. The lowest BCUT2D eigenvalue weighted by atomic mass is 10.2. The van der Waals surface area contributed by atoms with Gasteiger partial charge in [-0.2, -0.15) is 0 Å². The molecule has 0 saturated carbocycles. The Hall–Kier alpha value is -1.73. The molecular formula is C11H14ClN3O4. The van der Waals surface area contributed by atoms with E-state index in [0.29, 0.717) is 6.61 Å². The van der Waals surface area contributed by atoms with Gasteiger partial charge in [0, 0.05) is 20.4 Å². The molecule has 0 radical (unpaired) electrons. The van der Waals surface area contributed by atoms with Crippen LogP contribution in [0.2, 0.25) is 5.15 Å². The van der Waals surface area contributed by atoms with Crippen LogP contribution in [0.5, 0.6) is 0 Å². The number of nitrogens with zero attached hydrogens (tertiary/aromatic N) is 3. The molecule has 0 N–H and O–H groups in total. The lowest BCUT2D eigenvalue weighted by molar-refractivity contribution is -0.385. The molecule has 1 heterocycles. The average Bonchev–Trinajstić information content (AvgIpc) is 2.36. The molecule has 1 aromatic rings. The first-order valence-corrected chi connectivity index (χ1v) is 5.83. The highest BCUT2D eigenvalue weighted by Crippen LogP contribution is 2.27. The third-order valence-electron chi connectivity index (χ3n) is 2.68. The molecule has 0 spiro atoms. The summed E-state index contributed by atoms with van der Waals surface area (Å²) in [5, 5.41) is 10.6. The Balaban J connectivity index is 3.13. The maximum Gasteiger partial charge on any atom is 0.319 e. The van der Waals surface area contributed by atoms with Crippen molar-refractivity contribution in [3.05, 3.63) is 33.1 Å². The maximum absolute atomic E-state index is 12.2. The lowest BCUT2D eigenvalue weighted by Crippen LogP contribution is -2.38. The minimum atomic E-state index is -0.711. The summed E-state index contributed by atoms with van der Waals surface area (Å²) < 4.78 is 4.95. The second kappa shape index (κ2) is 6.44. The number of carbonyl (C=O) groups is 1. The molecule has 0 aliphatic heterocycles. The van der Waals surface area contributed by atoms with Crippen molar-refractivity contribution in [2.24, 2.45) is 0 Å². The molecule has 104 valence electrons. The molecule has 1 aromatic heterocycles. The largest absolute Gasteiger partial charge is 0.383 e. The van der Waals surface area contributed by atoms with E-state index in [-0.39, 0.29) is 16.8 Å². The number of amides is 1. The fourth-order valence-corrected chi connectivity index (χ4v) is 1.75. The molecular weight excluding hydrogens is 274 g/mol. The van der Waals surface area contributed by atoms with Gasteiger partial charge in [-0.05, 0) is 13.0 Å². The normalized spacial score (nSPS) is 12.0. The van der Waals surface area contributed by atoms with Crippen LogP contribution >= 0.6 is 11.6 Å². The molecule has 8 heteroatoms. The van der Waals surface area contributed by atoms with Crippen LogP contribution in [0.3, 0.4) is 0 Å². The van der Waals surface area contributed by atoms with E-state index < -0.39 is 16.5 Å². The predicted octanol–water partition coefficient (Wildman–Crippen LogP) is 1.75. The van der Waals surface area contributed by atoms with Crippen LogP contribution in [-0.2, 0) is 4.74 Å². The molecule has 0 aliphatic carbocycles. The molecule has 1 atom stereocenters. The standard InChI is InChI=1S/C11H14ClN3O4/c1-7(6-19-3)14(2)11(16)8-4-5-13-10(12)9(8)15(17)18/h4-5,7H,6H2,1-3H3. The molecule has 0 bridgehead atoms. The van der Waals surface area contributed by atoms with Crippen molar-refractivity contribution in [2.45, 2.75) is 13.0 Å². The van der Waals surface area contributed by atoms with Gasteiger partial charge in [0.1, 0.15) is 5.56 Å². The monoisotopic (exact) mass is 287 g/mol. The second-order valence-corrected chi connectivity index (χ2v) is 4.33. The highest BCUT2D eigenvalue weighted by Gasteiger charge is 2.28. The van der Waals surface area contributed by atoms with Gasteiger partial charge < -0.3 is 9.64 Å². The van der Waals surface area contributed by atoms with Gasteiger partial charge in [-0.25, -0.2) is 4.98 Å². The highest BCUT2D eigenvalue weighted by atomic mass is 35.5. The molecule has 7 nitrogen and oxygen atoms in total. The summed E-state index contributed by atoms with van der Waals surface area (Å²) in [7, 11) is 3.06. The van der Waals surface area contributed by atoms with Crippen molar-refractivity contribution >= 4 is 23.2 Å². The summed E-state index contributed by atoms with van der Waals surface area (Å²) in [4.78, 5) is 27.4. The van der Waals surface area contributed by atoms with Gasteiger partial charge in [0.2, 0.25) is 5.15 Å². The van der Waals surface area contributed by atoms with E-state index in [9.17, 15) is 14.9 Å². The zero-order valence-electron chi connectivity index (χ0n) is 10.8. The van der Waals surface area contributed by atoms with Crippen LogP contribution in [0.15, 0.2) is 12.3 Å². The van der Waals surface area contributed by atoms with E-state index in [1.807, 2.05) is 0 Å². The minimum Gasteiger partial charge on any atom is -0.383 e. The molecule has 0 fully saturated rings. The highest BCUT2D eigenvalue weighted by molar-refractivity contribution is 6.32. The van der Waals surface area contributed by atoms with Crippen LogP contribution in [0, 0.1) is 10.1 Å². The molecule has 1 amide bonds. The van der Waals surface area contributed by atoms with Crippen LogP contribution < -0.4 is 0 Å². The number of methoxy groups -OCH3 is 1. The molecule has 0 aromatic carbocycles. The van der Waals surface area contributed by atoms with Crippen molar-refractivity contribution in [2.75, 3.05) is 20.8 Å². The summed E-state index contributed by atoms with van der Waals surface area (Å²) in [6.45, 7) is 2.10. The van der Waals surface area contributed by atoms with E-state index in [4.69, 9.17) is 16.3 Å². The molecule has 1 rings (SSSR count). The number of hydrogen-bond donors (Lipinski definition) is 0. The molecule has 1 unspecified atom stereocenters. The van der Waals surface area contributed by atoms with Crippen LogP contribution in [-0.4, -0.2) is 47.5 Å². The molecule has 0 saturated heterocycles. The fraction of sp³-hybridized carbons (Fsp3) is 0.455. The number of halogens is 1. The first-order chi connectivity index (χ1) is 8.90. The summed E-state index contributed by atoms with van der Waals surface area (Å²) in [5.41, 5.74) is -0.568. The third kappa shape index (κ3) is 3.39.